The van der Waals surface area contributed by atoms with Gasteiger partial charge in [0.05, 0.1) is 12.7 Å². The lowest BCUT2D eigenvalue weighted by atomic mass is 10.2. The molecule has 0 aromatic heterocycles. The smallest absolute Gasteiger partial charge is 0.329 e. The first-order valence-electron chi connectivity index (χ1n) is 4.97. The van der Waals surface area contributed by atoms with E-state index in [4.69, 9.17) is 20.7 Å². The summed E-state index contributed by atoms with van der Waals surface area (Å²) >= 11 is 1.35. The lowest BCUT2D eigenvalue weighted by molar-refractivity contribution is -0.143. The van der Waals surface area contributed by atoms with Gasteiger partial charge in [0.25, 0.3) is 0 Å². The zero-order chi connectivity index (χ0) is 13.3. The second-order valence-corrected chi connectivity index (χ2v) is 4.52. The number of carboxylic acid groups (broad SMARTS) is 2. The summed E-state index contributed by atoms with van der Waals surface area (Å²) in [6.07, 6.45) is -0.441. The summed E-state index contributed by atoms with van der Waals surface area (Å²) in [5, 5.41) is 26.1. The van der Waals surface area contributed by atoms with Crippen molar-refractivity contribution in [2.45, 2.75) is 18.6 Å². The number of rotatable bonds is 10. The van der Waals surface area contributed by atoms with Gasteiger partial charge in [-0.25, -0.2) is 4.79 Å². The van der Waals surface area contributed by atoms with E-state index in [0.717, 1.165) is 0 Å². The highest BCUT2D eigenvalue weighted by Crippen LogP contribution is 2.06. The van der Waals surface area contributed by atoms with Crippen LogP contribution in [0.3, 0.4) is 0 Å². The van der Waals surface area contributed by atoms with Crippen molar-refractivity contribution in [3.05, 3.63) is 0 Å². The van der Waals surface area contributed by atoms with E-state index in [-0.39, 0.29) is 6.61 Å². The molecule has 0 aliphatic carbocycles. The molecular weight excluding hydrogens is 250 g/mol. The third kappa shape index (κ3) is 10.1. The van der Waals surface area contributed by atoms with Crippen LogP contribution in [0.1, 0.15) is 6.42 Å². The van der Waals surface area contributed by atoms with E-state index in [9.17, 15) is 14.7 Å². The molecule has 5 N–H and O–H groups in total. The van der Waals surface area contributed by atoms with E-state index in [2.05, 4.69) is 0 Å². The van der Waals surface area contributed by atoms with Gasteiger partial charge in [0.2, 0.25) is 0 Å². The van der Waals surface area contributed by atoms with Gasteiger partial charge in [-0.1, -0.05) is 0 Å². The van der Waals surface area contributed by atoms with Crippen molar-refractivity contribution in [3.8, 4) is 0 Å². The summed E-state index contributed by atoms with van der Waals surface area (Å²) in [6.45, 7) is -0.490. The monoisotopic (exact) mass is 267 g/mol. The molecule has 0 spiro atoms. The van der Waals surface area contributed by atoms with Crippen molar-refractivity contribution >= 4 is 23.7 Å². The Morgan fingerprint density at radius 1 is 1.35 bits per heavy atom. The number of ether oxygens (including phenoxy) is 1. The normalized spacial score (nSPS) is 14.2. The van der Waals surface area contributed by atoms with Crippen LogP contribution < -0.4 is 5.73 Å². The van der Waals surface area contributed by atoms with Crippen molar-refractivity contribution in [1.29, 1.82) is 0 Å². The van der Waals surface area contributed by atoms with Gasteiger partial charge in [-0.2, -0.15) is 11.8 Å². The summed E-state index contributed by atoms with van der Waals surface area (Å²) < 4.78 is 4.69. The Hall–Kier alpha value is -0.830. The van der Waals surface area contributed by atoms with E-state index < -0.39 is 30.7 Å². The SMILES string of the molecule is N[C@@H](CCSCC(O)COCC(=O)O)C(=O)O. The van der Waals surface area contributed by atoms with E-state index in [1.165, 1.54) is 11.8 Å². The van der Waals surface area contributed by atoms with E-state index in [1.54, 1.807) is 0 Å². The van der Waals surface area contributed by atoms with Gasteiger partial charge < -0.3 is 25.8 Å². The fraction of sp³-hybridized carbons (Fsp3) is 0.778. The van der Waals surface area contributed by atoms with E-state index in [0.29, 0.717) is 17.9 Å². The third-order valence-corrected chi connectivity index (χ3v) is 2.88. The molecular formula is C9H17NO6S. The maximum Gasteiger partial charge on any atom is 0.329 e. The van der Waals surface area contributed by atoms with Crippen LogP contribution in [0, 0.1) is 0 Å². The molecule has 7 nitrogen and oxygen atoms in total. The summed E-state index contributed by atoms with van der Waals surface area (Å²) in [7, 11) is 0. The minimum absolute atomic E-state index is 0.0513. The molecule has 8 heteroatoms. The van der Waals surface area contributed by atoms with Gasteiger partial charge in [-0.05, 0) is 12.2 Å². The molecule has 0 radical (unpaired) electrons. The van der Waals surface area contributed by atoms with Crippen LogP contribution in [-0.2, 0) is 14.3 Å². The lowest BCUT2D eigenvalue weighted by Gasteiger charge is -2.10. The molecule has 0 fully saturated rings. The van der Waals surface area contributed by atoms with E-state index >= 15 is 0 Å². The second kappa shape index (κ2) is 9.23. The summed E-state index contributed by atoms with van der Waals surface area (Å²) in [4.78, 5) is 20.5. The minimum Gasteiger partial charge on any atom is -0.480 e. The zero-order valence-electron chi connectivity index (χ0n) is 9.24. The first kappa shape index (κ1) is 16.2. The molecule has 0 amide bonds. The number of aliphatic hydroxyl groups excluding tert-OH is 1. The standard InChI is InChI=1S/C9H17NO6S/c10-7(9(14)15)1-2-17-5-6(11)3-16-4-8(12)13/h6-7,11H,1-5,10H2,(H,12,13)(H,14,15)/t6?,7-/m0/s1. The molecule has 1 unspecified atom stereocenters. The van der Waals surface area contributed by atoms with Gasteiger partial charge in [0.1, 0.15) is 12.6 Å². The molecule has 17 heavy (non-hydrogen) atoms. The topological polar surface area (TPSA) is 130 Å². The molecule has 0 aliphatic heterocycles. The Morgan fingerprint density at radius 2 is 2.00 bits per heavy atom. The molecule has 0 aliphatic rings. The van der Waals surface area contributed by atoms with Crippen molar-refractivity contribution in [2.75, 3.05) is 24.7 Å². The number of nitrogens with two attached hydrogens (primary N) is 1. The average Bonchev–Trinajstić information content (AvgIpc) is 2.23. The third-order valence-electron chi connectivity index (χ3n) is 1.74. The van der Waals surface area contributed by atoms with Crippen LogP contribution in [0.5, 0.6) is 0 Å². The molecule has 0 saturated heterocycles. The molecule has 0 aromatic carbocycles. The number of aliphatic carboxylic acids is 2. The quantitative estimate of drug-likeness (QED) is 0.370. The van der Waals surface area contributed by atoms with Crippen molar-refractivity contribution in [1.82, 2.24) is 0 Å². The second-order valence-electron chi connectivity index (χ2n) is 3.37. The highest BCUT2D eigenvalue weighted by molar-refractivity contribution is 7.99. The Morgan fingerprint density at radius 3 is 2.53 bits per heavy atom. The van der Waals surface area contributed by atoms with Gasteiger partial charge >= 0.3 is 11.9 Å². The number of hydrogen-bond acceptors (Lipinski definition) is 6. The van der Waals surface area contributed by atoms with Crippen LogP contribution in [0.4, 0.5) is 0 Å². The Labute approximate surface area is 103 Å². The van der Waals surface area contributed by atoms with Gasteiger partial charge in [0, 0.05) is 5.75 Å². The van der Waals surface area contributed by atoms with Crippen LogP contribution in [0.15, 0.2) is 0 Å². The predicted octanol–water partition coefficient (Wildman–Crippen LogP) is -1.02. The Bertz CT molecular complexity index is 250. The molecule has 100 valence electrons. The number of aliphatic hydroxyl groups is 1. The maximum absolute atomic E-state index is 10.4. The van der Waals surface area contributed by atoms with Crippen molar-refractivity contribution in [2.24, 2.45) is 5.73 Å². The number of carboxylic acids is 2. The summed E-state index contributed by atoms with van der Waals surface area (Å²) in [5.41, 5.74) is 5.28. The van der Waals surface area contributed by atoms with Gasteiger partial charge in [-0.15, -0.1) is 0 Å². The van der Waals surface area contributed by atoms with E-state index in [1.807, 2.05) is 0 Å². The summed E-state index contributed by atoms with van der Waals surface area (Å²) in [6, 6.07) is -0.886. The fourth-order valence-electron chi connectivity index (χ4n) is 0.884. The molecule has 2 atom stereocenters. The van der Waals surface area contributed by atoms with Crippen LogP contribution in [-0.4, -0.2) is 64.1 Å². The maximum atomic E-state index is 10.4. The first-order chi connectivity index (χ1) is 7.93. The summed E-state index contributed by atoms with van der Waals surface area (Å²) in [5.74, 6) is -1.26. The largest absolute Gasteiger partial charge is 0.480 e. The fourth-order valence-corrected chi connectivity index (χ4v) is 1.84. The Balaban J connectivity index is 3.42. The van der Waals surface area contributed by atoms with Crippen LogP contribution in [0.2, 0.25) is 0 Å². The number of thioether (sulfide) groups is 1. The number of hydrogen-bond donors (Lipinski definition) is 4. The predicted molar refractivity (Wildman–Crippen MR) is 62.0 cm³/mol. The molecule has 0 saturated carbocycles. The van der Waals surface area contributed by atoms with Crippen molar-refractivity contribution in [3.63, 3.8) is 0 Å². The average molecular weight is 267 g/mol. The molecule has 0 bridgehead atoms. The Kier molecular flexibility index (Phi) is 8.78. The first-order valence-corrected chi connectivity index (χ1v) is 6.12. The van der Waals surface area contributed by atoms with Crippen LogP contribution in [0.25, 0.3) is 0 Å². The minimum atomic E-state index is -1.09. The zero-order valence-corrected chi connectivity index (χ0v) is 10.1. The molecule has 0 aromatic rings. The van der Waals surface area contributed by atoms with Crippen LogP contribution >= 0.6 is 11.8 Å². The van der Waals surface area contributed by atoms with Gasteiger partial charge in [0.15, 0.2) is 0 Å². The number of carbonyl (C=O) groups is 2. The molecule has 0 rings (SSSR count). The van der Waals surface area contributed by atoms with Crippen molar-refractivity contribution < 1.29 is 29.6 Å². The highest BCUT2D eigenvalue weighted by atomic mass is 32.2. The highest BCUT2D eigenvalue weighted by Gasteiger charge is 2.11. The van der Waals surface area contributed by atoms with Gasteiger partial charge in [-0.3, -0.25) is 4.79 Å². The molecule has 0 heterocycles. The lowest BCUT2D eigenvalue weighted by Crippen LogP contribution is -2.30.